The fourth-order valence-electron chi connectivity index (χ4n) is 4.08. The maximum absolute atomic E-state index is 14.0. The van der Waals surface area contributed by atoms with Crippen LogP contribution in [0.15, 0.2) is 78.9 Å². The molecule has 0 saturated carbocycles. The number of sulfonamides is 1. The molecule has 10 heteroatoms. The van der Waals surface area contributed by atoms with Gasteiger partial charge in [-0.05, 0) is 48.7 Å². The molecule has 0 radical (unpaired) electrons. The molecule has 3 aromatic carbocycles. The van der Waals surface area contributed by atoms with Crippen LogP contribution in [0.4, 0.5) is 5.69 Å². The van der Waals surface area contributed by atoms with Crippen molar-refractivity contribution in [3.8, 4) is 0 Å². The second-order valence-electron chi connectivity index (χ2n) is 9.40. The van der Waals surface area contributed by atoms with Gasteiger partial charge in [-0.15, -0.1) is 0 Å². The van der Waals surface area contributed by atoms with E-state index >= 15 is 0 Å². The summed E-state index contributed by atoms with van der Waals surface area (Å²) < 4.78 is 26.6. The number of hydrogen-bond acceptors (Lipinski definition) is 4. The average molecular weight is 591 g/mol. The Labute approximate surface area is 240 Å². The van der Waals surface area contributed by atoms with E-state index in [1.54, 1.807) is 42.5 Å². The third-order valence-electron chi connectivity index (χ3n) is 6.31. The van der Waals surface area contributed by atoms with Crippen LogP contribution in [0.3, 0.4) is 0 Å². The Balaban J connectivity index is 2.07. The van der Waals surface area contributed by atoms with Crippen LogP contribution in [-0.2, 0) is 32.6 Å². The normalized spacial score (nSPS) is 12.8. The molecule has 0 aliphatic carbocycles. The molecule has 0 fully saturated rings. The molecule has 0 aliphatic heterocycles. The van der Waals surface area contributed by atoms with Gasteiger partial charge in [-0.2, -0.15) is 0 Å². The van der Waals surface area contributed by atoms with Crippen LogP contribution in [-0.4, -0.2) is 50.0 Å². The lowest BCUT2D eigenvalue weighted by molar-refractivity contribution is -0.140. The topological polar surface area (TPSA) is 86.8 Å². The Kier molecular flexibility index (Phi) is 10.8. The molecule has 3 aromatic rings. The van der Waals surface area contributed by atoms with Crippen molar-refractivity contribution in [3.05, 3.63) is 100 Å². The monoisotopic (exact) mass is 589 g/mol. The van der Waals surface area contributed by atoms with Crippen molar-refractivity contribution >= 4 is 50.7 Å². The highest BCUT2D eigenvalue weighted by Gasteiger charge is 2.33. The number of anilines is 1. The molecule has 3 rings (SSSR count). The Morgan fingerprint density at radius 3 is 2.18 bits per heavy atom. The molecular formula is C29H33Cl2N3O4S. The first-order valence-electron chi connectivity index (χ1n) is 12.6. The quantitative estimate of drug-likeness (QED) is 0.310. The third-order valence-corrected chi connectivity index (χ3v) is 8.00. The first-order valence-corrected chi connectivity index (χ1v) is 15.2. The van der Waals surface area contributed by atoms with Gasteiger partial charge in [0.1, 0.15) is 12.6 Å². The van der Waals surface area contributed by atoms with Gasteiger partial charge in [0, 0.05) is 24.0 Å². The van der Waals surface area contributed by atoms with E-state index in [1.165, 1.54) is 11.0 Å². The molecule has 39 heavy (non-hydrogen) atoms. The zero-order chi connectivity index (χ0) is 28.6. The zero-order valence-corrected chi connectivity index (χ0v) is 24.5. The average Bonchev–Trinajstić information content (AvgIpc) is 2.89. The summed E-state index contributed by atoms with van der Waals surface area (Å²) in [5.41, 5.74) is 1.74. The predicted molar refractivity (Wildman–Crippen MR) is 157 cm³/mol. The molecule has 208 valence electrons. The Hall–Kier alpha value is -3.07. The van der Waals surface area contributed by atoms with Gasteiger partial charge in [0.05, 0.1) is 17.0 Å². The van der Waals surface area contributed by atoms with Crippen LogP contribution in [0, 0.1) is 0 Å². The van der Waals surface area contributed by atoms with Crippen molar-refractivity contribution in [3.63, 3.8) is 0 Å². The highest BCUT2D eigenvalue weighted by molar-refractivity contribution is 7.92. The number of nitrogens with one attached hydrogen (secondary N) is 1. The molecule has 0 saturated heterocycles. The van der Waals surface area contributed by atoms with Gasteiger partial charge in [0.25, 0.3) is 0 Å². The molecule has 7 nitrogen and oxygen atoms in total. The van der Waals surface area contributed by atoms with E-state index in [0.717, 1.165) is 16.1 Å². The highest BCUT2D eigenvalue weighted by atomic mass is 35.5. The summed E-state index contributed by atoms with van der Waals surface area (Å²) in [6.45, 7) is 3.36. The number of nitrogens with zero attached hydrogens (tertiary/aromatic N) is 2. The minimum atomic E-state index is -3.90. The molecule has 0 bridgehead atoms. The second kappa shape index (κ2) is 13.8. The smallest absolute Gasteiger partial charge is 0.244 e. The summed E-state index contributed by atoms with van der Waals surface area (Å²) in [6, 6.07) is 21.8. The first-order chi connectivity index (χ1) is 18.5. The van der Waals surface area contributed by atoms with Gasteiger partial charge < -0.3 is 10.2 Å². The van der Waals surface area contributed by atoms with Gasteiger partial charge in [0.2, 0.25) is 21.8 Å². The van der Waals surface area contributed by atoms with Gasteiger partial charge in [-0.3, -0.25) is 13.9 Å². The molecule has 0 aliphatic rings. The Morgan fingerprint density at radius 1 is 0.923 bits per heavy atom. The van der Waals surface area contributed by atoms with E-state index in [-0.39, 0.29) is 35.6 Å². The van der Waals surface area contributed by atoms with E-state index in [2.05, 4.69) is 5.32 Å². The second-order valence-corrected chi connectivity index (χ2v) is 12.1. The number of amides is 2. The van der Waals surface area contributed by atoms with Crippen molar-refractivity contribution in [1.29, 1.82) is 0 Å². The molecule has 0 heterocycles. The number of benzene rings is 3. The number of carbonyl (C=O) groups excluding carboxylic acids is 2. The molecular weight excluding hydrogens is 557 g/mol. The van der Waals surface area contributed by atoms with Gasteiger partial charge >= 0.3 is 0 Å². The van der Waals surface area contributed by atoms with E-state index in [0.29, 0.717) is 17.0 Å². The van der Waals surface area contributed by atoms with Crippen LogP contribution < -0.4 is 9.62 Å². The summed E-state index contributed by atoms with van der Waals surface area (Å²) in [5, 5.41) is 3.67. The van der Waals surface area contributed by atoms with Crippen molar-refractivity contribution in [1.82, 2.24) is 10.2 Å². The molecule has 0 spiro atoms. The fraction of sp³-hybridized carbons (Fsp3) is 0.310. The van der Waals surface area contributed by atoms with Crippen LogP contribution >= 0.6 is 23.2 Å². The maximum Gasteiger partial charge on any atom is 0.244 e. The molecule has 1 N–H and O–H groups in total. The van der Waals surface area contributed by atoms with Crippen molar-refractivity contribution in [2.75, 3.05) is 17.1 Å². The van der Waals surface area contributed by atoms with Crippen molar-refractivity contribution < 1.29 is 18.0 Å². The minimum absolute atomic E-state index is 0.0466. The van der Waals surface area contributed by atoms with Crippen LogP contribution in [0.1, 0.15) is 31.4 Å². The minimum Gasteiger partial charge on any atom is -0.352 e. The number of hydrogen-bond donors (Lipinski definition) is 1. The maximum atomic E-state index is 14.0. The third kappa shape index (κ3) is 8.71. The molecule has 2 amide bonds. The summed E-state index contributed by atoms with van der Waals surface area (Å²) >= 11 is 12.5. The van der Waals surface area contributed by atoms with Gasteiger partial charge in [-0.1, -0.05) is 84.7 Å². The van der Waals surface area contributed by atoms with Crippen LogP contribution in [0.2, 0.25) is 10.0 Å². The van der Waals surface area contributed by atoms with E-state index in [9.17, 15) is 18.0 Å². The van der Waals surface area contributed by atoms with Crippen LogP contribution in [0.5, 0.6) is 0 Å². The summed E-state index contributed by atoms with van der Waals surface area (Å²) in [7, 11) is -3.90. The number of carbonyl (C=O) groups is 2. The first kappa shape index (κ1) is 30.5. The fourth-order valence-corrected chi connectivity index (χ4v) is 5.44. The molecule has 2 atom stereocenters. The standard InChI is InChI=1S/C29H33Cl2N3O4S/c1-4-21(2)32-29(36)27(18-22-11-6-5-7-12-22)33(19-23-13-10-14-24(30)17-23)28(35)20-34(39(3,37)38)26-16-9-8-15-25(26)31/h5-17,21,27H,4,18-20H2,1-3H3,(H,32,36)/t21-,27+/m0/s1. The van der Waals surface area contributed by atoms with Gasteiger partial charge in [0.15, 0.2) is 0 Å². The Morgan fingerprint density at radius 2 is 1.56 bits per heavy atom. The number of para-hydroxylation sites is 1. The number of halogens is 2. The lowest BCUT2D eigenvalue weighted by Crippen LogP contribution is -2.54. The Bertz CT molecular complexity index is 1390. The highest BCUT2D eigenvalue weighted by Crippen LogP contribution is 2.28. The van der Waals surface area contributed by atoms with Crippen molar-refractivity contribution in [2.24, 2.45) is 0 Å². The van der Waals surface area contributed by atoms with E-state index in [4.69, 9.17) is 23.2 Å². The van der Waals surface area contributed by atoms with E-state index in [1.807, 2.05) is 44.2 Å². The number of rotatable bonds is 12. The SMILES string of the molecule is CC[C@H](C)NC(=O)[C@@H](Cc1ccccc1)N(Cc1cccc(Cl)c1)C(=O)CN(c1ccccc1Cl)S(C)(=O)=O. The molecule has 0 unspecified atom stereocenters. The summed E-state index contributed by atoms with van der Waals surface area (Å²) in [5.74, 6) is -0.882. The molecule has 0 aromatic heterocycles. The summed E-state index contributed by atoms with van der Waals surface area (Å²) in [6.07, 6.45) is 1.96. The van der Waals surface area contributed by atoms with Crippen LogP contribution in [0.25, 0.3) is 0 Å². The van der Waals surface area contributed by atoms with Gasteiger partial charge in [-0.25, -0.2) is 8.42 Å². The van der Waals surface area contributed by atoms with E-state index < -0.39 is 28.5 Å². The lowest BCUT2D eigenvalue weighted by Gasteiger charge is -2.34. The zero-order valence-electron chi connectivity index (χ0n) is 22.2. The predicted octanol–water partition coefficient (Wildman–Crippen LogP) is 5.31. The van der Waals surface area contributed by atoms with Crippen molar-refractivity contribution in [2.45, 2.75) is 45.3 Å². The summed E-state index contributed by atoms with van der Waals surface area (Å²) in [4.78, 5) is 29.1. The lowest BCUT2D eigenvalue weighted by atomic mass is 10.0. The largest absolute Gasteiger partial charge is 0.352 e.